The highest BCUT2D eigenvalue weighted by molar-refractivity contribution is 7.89. The first-order chi connectivity index (χ1) is 13.2. The fourth-order valence-electron chi connectivity index (χ4n) is 2.50. The molecule has 3 rings (SSSR count). The Hall–Kier alpha value is -3.17. The lowest BCUT2D eigenvalue weighted by Gasteiger charge is -2.15. The summed E-state index contributed by atoms with van der Waals surface area (Å²) >= 11 is 0. The van der Waals surface area contributed by atoms with Gasteiger partial charge in [-0.05, 0) is 42.8 Å². The lowest BCUT2D eigenvalue weighted by Crippen LogP contribution is -2.35. The molecule has 0 saturated carbocycles. The molecule has 0 aliphatic heterocycles. The van der Waals surface area contributed by atoms with Crippen LogP contribution in [0, 0.1) is 0 Å². The zero-order chi connectivity index (χ0) is 20.3. The normalized spacial score (nSPS) is 12.5. The van der Waals surface area contributed by atoms with Crippen LogP contribution in [0.1, 0.15) is 12.5 Å². The summed E-state index contributed by atoms with van der Waals surface area (Å²) in [5.41, 5.74) is 0.608. The van der Waals surface area contributed by atoms with Crippen LogP contribution in [0.2, 0.25) is 0 Å². The largest absolute Gasteiger partial charge is 0.481 e. The number of ether oxygens (including phenoxy) is 1. The molecule has 0 fully saturated rings. The van der Waals surface area contributed by atoms with Crippen molar-refractivity contribution in [3.63, 3.8) is 0 Å². The van der Waals surface area contributed by atoms with Crippen molar-refractivity contribution in [2.75, 3.05) is 0 Å². The smallest absolute Gasteiger partial charge is 0.336 e. The van der Waals surface area contributed by atoms with Gasteiger partial charge in [0.15, 0.2) is 6.10 Å². The Morgan fingerprint density at radius 1 is 1.14 bits per heavy atom. The summed E-state index contributed by atoms with van der Waals surface area (Å²) in [6.07, 6.45) is -0.795. The van der Waals surface area contributed by atoms with E-state index in [4.69, 9.17) is 14.3 Å². The van der Waals surface area contributed by atoms with Gasteiger partial charge in [0.05, 0.1) is 4.90 Å². The van der Waals surface area contributed by atoms with Crippen molar-refractivity contribution in [1.29, 1.82) is 0 Å². The van der Waals surface area contributed by atoms with Crippen molar-refractivity contribution in [2.45, 2.75) is 24.5 Å². The summed E-state index contributed by atoms with van der Waals surface area (Å²) in [5.74, 6) is 0.0344. The molecular weight excluding hydrogens is 384 g/mol. The van der Waals surface area contributed by atoms with Gasteiger partial charge < -0.3 is 14.5 Å². The van der Waals surface area contributed by atoms with Crippen LogP contribution in [0.15, 0.2) is 68.7 Å². The fraction of sp³-hybridized carbons (Fsp3) is 0.158. The van der Waals surface area contributed by atoms with E-state index in [0.717, 1.165) is 5.39 Å². The van der Waals surface area contributed by atoms with E-state index < -0.39 is 21.8 Å². The Morgan fingerprint density at radius 2 is 1.82 bits per heavy atom. The van der Waals surface area contributed by atoms with E-state index in [1.54, 1.807) is 43.3 Å². The van der Waals surface area contributed by atoms with Crippen LogP contribution in [-0.4, -0.2) is 20.4 Å². The third kappa shape index (κ3) is 4.76. The topological polar surface area (TPSA) is 129 Å². The van der Waals surface area contributed by atoms with Crippen LogP contribution >= 0.6 is 0 Å². The van der Waals surface area contributed by atoms with Crippen molar-refractivity contribution in [3.05, 3.63) is 70.6 Å². The van der Waals surface area contributed by atoms with Crippen LogP contribution in [0.25, 0.3) is 11.0 Å². The summed E-state index contributed by atoms with van der Waals surface area (Å²) in [4.78, 5) is 23.6. The number of carbonyl (C=O) groups excluding carboxylic acids is 1. The number of benzene rings is 2. The summed E-state index contributed by atoms with van der Waals surface area (Å²) in [6, 6.07) is 13.8. The van der Waals surface area contributed by atoms with Crippen LogP contribution in [-0.2, 0) is 21.4 Å². The Labute approximate surface area is 161 Å². The molecule has 0 spiro atoms. The van der Waals surface area contributed by atoms with Crippen molar-refractivity contribution < 1.29 is 22.4 Å². The molecule has 0 aliphatic carbocycles. The molecule has 1 heterocycles. The number of amides is 1. The Bertz CT molecular complexity index is 1170. The SMILES string of the molecule is CC(Oc1ccc2ccc(=O)oc2c1)C(=O)NCc1ccc(S(N)(=O)=O)cc1. The second kappa shape index (κ2) is 7.83. The molecule has 1 atom stereocenters. The van der Waals surface area contributed by atoms with Gasteiger partial charge in [-0.15, -0.1) is 0 Å². The van der Waals surface area contributed by atoms with Gasteiger partial charge in [-0.2, -0.15) is 0 Å². The highest BCUT2D eigenvalue weighted by atomic mass is 32.2. The Morgan fingerprint density at radius 3 is 2.50 bits per heavy atom. The van der Waals surface area contributed by atoms with Crippen LogP contribution in [0.3, 0.4) is 0 Å². The molecule has 0 aliphatic rings. The van der Waals surface area contributed by atoms with Crippen molar-refractivity contribution in [1.82, 2.24) is 5.32 Å². The van der Waals surface area contributed by atoms with Crippen LogP contribution in [0.4, 0.5) is 0 Å². The van der Waals surface area contributed by atoms with Gasteiger partial charge in [-0.1, -0.05) is 12.1 Å². The highest BCUT2D eigenvalue weighted by Gasteiger charge is 2.15. The lowest BCUT2D eigenvalue weighted by molar-refractivity contribution is -0.127. The van der Waals surface area contributed by atoms with Crippen LogP contribution < -0.4 is 20.8 Å². The average molecular weight is 402 g/mol. The number of sulfonamides is 1. The minimum Gasteiger partial charge on any atom is -0.481 e. The fourth-order valence-corrected chi connectivity index (χ4v) is 3.02. The van der Waals surface area contributed by atoms with Crippen LogP contribution in [0.5, 0.6) is 5.75 Å². The first-order valence-corrected chi connectivity index (χ1v) is 9.87. The van der Waals surface area contributed by atoms with Crippen molar-refractivity contribution >= 4 is 26.9 Å². The van der Waals surface area contributed by atoms with E-state index in [9.17, 15) is 18.0 Å². The minimum atomic E-state index is -3.75. The van der Waals surface area contributed by atoms with E-state index in [2.05, 4.69) is 5.32 Å². The molecule has 1 amide bonds. The number of nitrogens with one attached hydrogen (secondary N) is 1. The molecule has 0 bridgehead atoms. The average Bonchev–Trinajstić information content (AvgIpc) is 2.65. The Balaban J connectivity index is 1.61. The molecule has 8 nitrogen and oxygen atoms in total. The zero-order valence-corrected chi connectivity index (χ0v) is 15.7. The third-order valence-electron chi connectivity index (χ3n) is 4.00. The Kier molecular flexibility index (Phi) is 5.48. The molecule has 3 aromatic rings. The van der Waals surface area contributed by atoms with E-state index >= 15 is 0 Å². The van der Waals surface area contributed by atoms with Gasteiger partial charge >= 0.3 is 5.63 Å². The number of nitrogens with two attached hydrogens (primary N) is 1. The molecule has 146 valence electrons. The molecule has 0 radical (unpaired) electrons. The second-order valence-corrected chi connectivity index (χ2v) is 7.68. The molecule has 1 aromatic heterocycles. The predicted octanol–water partition coefficient (Wildman–Crippen LogP) is 1.52. The monoisotopic (exact) mass is 402 g/mol. The van der Waals surface area contributed by atoms with E-state index in [-0.39, 0.29) is 17.3 Å². The zero-order valence-electron chi connectivity index (χ0n) is 14.9. The van der Waals surface area contributed by atoms with E-state index in [0.29, 0.717) is 16.9 Å². The first-order valence-electron chi connectivity index (χ1n) is 8.32. The summed E-state index contributed by atoms with van der Waals surface area (Å²) < 4.78 is 33.2. The molecule has 2 aromatic carbocycles. The third-order valence-corrected chi connectivity index (χ3v) is 4.92. The van der Waals surface area contributed by atoms with Gasteiger partial charge in [0.1, 0.15) is 11.3 Å². The molecule has 0 saturated heterocycles. The molecule has 3 N–H and O–H groups in total. The van der Waals surface area contributed by atoms with E-state index in [1.807, 2.05) is 0 Å². The molecule has 28 heavy (non-hydrogen) atoms. The molecular formula is C19H18N2O6S. The predicted molar refractivity (Wildman–Crippen MR) is 102 cm³/mol. The van der Waals surface area contributed by atoms with Gasteiger partial charge in [-0.3, -0.25) is 4.79 Å². The van der Waals surface area contributed by atoms with Gasteiger partial charge in [0.25, 0.3) is 5.91 Å². The highest BCUT2D eigenvalue weighted by Crippen LogP contribution is 2.20. The second-order valence-electron chi connectivity index (χ2n) is 6.12. The van der Waals surface area contributed by atoms with Gasteiger partial charge in [0, 0.05) is 24.1 Å². The molecule has 1 unspecified atom stereocenters. The van der Waals surface area contributed by atoms with Crippen molar-refractivity contribution in [3.8, 4) is 5.75 Å². The summed E-state index contributed by atoms with van der Waals surface area (Å²) in [5, 5.41) is 8.49. The number of carbonyl (C=O) groups is 1. The maximum absolute atomic E-state index is 12.2. The number of primary sulfonamides is 1. The maximum atomic E-state index is 12.2. The van der Waals surface area contributed by atoms with Gasteiger partial charge in [-0.25, -0.2) is 18.4 Å². The maximum Gasteiger partial charge on any atom is 0.336 e. The first kappa shape index (κ1) is 19.6. The van der Waals surface area contributed by atoms with E-state index in [1.165, 1.54) is 18.2 Å². The summed E-state index contributed by atoms with van der Waals surface area (Å²) in [7, 11) is -3.75. The number of hydrogen-bond acceptors (Lipinski definition) is 6. The standard InChI is InChI=1S/C19H18N2O6S/c1-12(26-15-6-4-14-5-9-18(22)27-17(14)10-15)19(23)21-11-13-2-7-16(8-3-13)28(20,24)25/h2-10,12H,11H2,1H3,(H,21,23)(H2,20,24,25). The summed E-state index contributed by atoms with van der Waals surface area (Å²) in [6.45, 7) is 1.79. The number of hydrogen-bond donors (Lipinski definition) is 2. The number of rotatable bonds is 6. The minimum absolute atomic E-state index is 0.00207. The lowest BCUT2D eigenvalue weighted by atomic mass is 10.2. The quantitative estimate of drug-likeness (QED) is 0.602. The number of fused-ring (bicyclic) bond motifs is 1. The van der Waals surface area contributed by atoms with Gasteiger partial charge in [0.2, 0.25) is 10.0 Å². The van der Waals surface area contributed by atoms with Crippen molar-refractivity contribution in [2.24, 2.45) is 5.14 Å². The molecule has 9 heteroatoms.